The molecular formula is C7H10N2O2. The molecule has 0 amide bonds. The third kappa shape index (κ3) is 1.98. The molecule has 1 aromatic rings. The molecule has 11 heavy (non-hydrogen) atoms. The molecule has 0 fully saturated rings. The van der Waals surface area contributed by atoms with Crippen LogP contribution in [0.1, 0.15) is 11.6 Å². The molecule has 0 radical (unpaired) electrons. The fraction of sp³-hybridized carbons (Fsp3) is 0.286. The van der Waals surface area contributed by atoms with Crippen LogP contribution in [0.15, 0.2) is 24.5 Å². The molecular weight excluding hydrogens is 144 g/mol. The number of nitrogens with one attached hydrogen (secondary N) is 1. The van der Waals surface area contributed by atoms with Crippen LogP contribution in [0.25, 0.3) is 0 Å². The summed E-state index contributed by atoms with van der Waals surface area (Å²) in [5.41, 5.74) is 2.74. The van der Waals surface area contributed by atoms with Gasteiger partial charge in [0.2, 0.25) is 0 Å². The Labute approximate surface area is 64.5 Å². The average molecular weight is 154 g/mol. The van der Waals surface area contributed by atoms with Gasteiger partial charge < -0.3 is 10.3 Å². The van der Waals surface area contributed by atoms with Gasteiger partial charge in [0.25, 0.3) is 0 Å². The zero-order valence-corrected chi connectivity index (χ0v) is 5.94. The lowest BCUT2D eigenvalue weighted by molar-refractivity contribution is 0.0904. The van der Waals surface area contributed by atoms with Gasteiger partial charge in [0.05, 0.1) is 12.6 Å². The largest absolute Gasteiger partial charge is 0.394 e. The van der Waals surface area contributed by atoms with Crippen LogP contribution in [0.2, 0.25) is 0 Å². The Morgan fingerprint density at radius 2 is 2.45 bits per heavy atom. The number of hydrogen-bond donors (Lipinski definition) is 3. The number of rotatable bonds is 3. The first-order valence-electron chi connectivity index (χ1n) is 3.29. The molecule has 0 saturated carbocycles. The highest BCUT2D eigenvalue weighted by Crippen LogP contribution is 2.08. The number of aromatic nitrogens is 1. The van der Waals surface area contributed by atoms with Crippen LogP contribution in [0.4, 0.5) is 0 Å². The number of pyridine rings is 1. The van der Waals surface area contributed by atoms with E-state index in [-0.39, 0.29) is 6.61 Å². The first kappa shape index (κ1) is 8.13. The van der Waals surface area contributed by atoms with Gasteiger partial charge in [-0.05, 0) is 11.6 Å². The molecule has 0 aliphatic rings. The van der Waals surface area contributed by atoms with Crippen LogP contribution in [0.5, 0.6) is 0 Å². The Balaban J connectivity index is 2.74. The zero-order valence-electron chi connectivity index (χ0n) is 5.94. The van der Waals surface area contributed by atoms with Crippen LogP contribution in [-0.4, -0.2) is 21.9 Å². The maximum Gasteiger partial charge on any atom is 0.0814 e. The van der Waals surface area contributed by atoms with Crippen molar-refractivity contribution in [1.29, 1.82) is 0 Å². The summed E-state index contributed by atoms with van der Waals surface area (Å²) in [6.07, 6.45) is 3.22. The van der Waals surface area contributed by atoms with Crippen molar-refractivity contribution in [1.82, 2.24) is 10.5 Å². The highest BCUT2D eigenvalue weighted by atomic mass is 16.5. The Morgan fingerprint density at radius 3 is 2.91 bits per heavy atom. The molecule has 0 bridgehead atoms. The van der Waals surface area contributed by atoms with Gasteiger partial charge in [0.15, 0.2) is 0 Å². The molecule has 1 heterocycles. The van der Waals surface area contributed by atoms with Crippen LogP contribution in [0.3, 0.4) is 0 Å². The number of aliphatic hydroxyl groups excluding tert-OH is 1. The lowest BCUT2D eigenvalue weighted by atomic mass is 10.1. The molecule has 0 saturated heterocycles. The van der Waals surface area contributed by atoms with Crippen molar-refractivity contribution in [3.63, 3.8) is 0 Å². The molecule has 1 aromatic heterocycles. The Hall–Kier alpha value is -0.970. The van der Waals surface area contributed by atoms with E-state index in [0.29, 0.717) is 0 Å². The number of hydrogen-bond acceptors (Lipinski definition) is 4. The highest BCUT2D eigenvalue weighted by molar-refractivity contribution is 5.12. The molecule has 3 N–H and O–H groups in total. The molecule has 0 spiro atoms. The first-order valence-corrected chi connectivity index (χ1v) is 3.29. The smallest absolute Gasteiger partial charge is 0.0814 e. The SMILES string of the molecule is OC[C@@H](NO)c1cccnc1. The van der Waals surface area contributed by atoms with E-state index in [4.69, 9.17) is 10.3 Å². The number of nitrogens with zero attached hydrogens (tertiary/aromatic N) is 1. The molecule has 1 rings (SSSR count). The minimum Gasteiger partial charge on any atom is -0.394 e. The van der Waals surface area contributed by atoms with Crippen molar-refractivity contribution in [3.8, 4) is 0 Å². The second-order valence-corrected chi connectivity index (χ2v) is 2.15. The van der Waals surface area contributed by atoms with Crippen LogP contribution in [0, 0.1) is 0 Å². The summed E-state index contributed by atoms with van der Waals surface area (Å²) < 4.78 is 0. The van der Waals surface area contributed by atoms with Gasteiger partial charge in [0.1, 0.15) is 0 Å². The minimum absolute atomic E-state index is 0.151. The third-order valence-corrected chi connectivity index (χ3v) is 1.43. The predicted octanol–water partition coefficient (Wildman–Crippen LogP) is 0.0938. The third-order valence-electron chi connectivity index (χ3n) is 1.43. The Morgan fingerprint density at radius 1 is 1.64 bits per heavy atom. The Kier molecular flexibility index (Phi) is 2.97. The van der Waals surface area contributed by atoms with Crippen molar-refractivity contribution in [2.45, 2.75) is 6.04 Å². The molecule has 4 heteroatoms. The zero-order chi connectivity index (χ0) is 8.10. The molecule has 60 valence electrons. The van der Waals surface area contributed by atoms with E-state index in [1.165, 1.54) is 0 Å². The van der Waals surface area contributed by atoms with Gasteiger partial charge in [-0.2, -0.15) is 5.48 Å². The standard InChI is InChI=1S/C7H10N2O2/c10-5-7(9-11)6-2-1-3-8-4-6/h1-4,7,9-11H,5H2/t7-/m1/s1. The summed E-state index contributed by atoms with van der Waals surface area (Å²) in [5.74, 6) is 0. The first-order chi connectivity index (χ1) is 5.38. The monoisotopic (exact) mass is 154 g/mol. The van der Waals surface area contributed by atoms with E-state index >= 15 is 0 Å². The van der Waals surface area contributed by atoms with Gasteiger partial charge in [-0.15, -0.1) is 0 Å². The fourth-order valence-electron chi connectivity index (χ4n) is 0.803. The fourth-order valence-corrected chi connectivity index (χ4v) is 0.803. The lowest BCUT2D eigenvalue weighted by Crippen LogP contribution is -2.20. The molecule has 1 atom stereocenters. The normalized spacial score (nSPS) is 12.9. The van der Waals surface area contributed by atoms with E-state index < -0.39 is 6.04 Å². The topological polar surface area (TPSA) is 65.4 Å². The van der Waals surface area contributed by atoms with E-state index in [1.54, 1.807) is 24.5 Å². The minimum atomic E-state index is -0.441. The summed E-state index contributed by atoms with van der Waals surface area (Å²) in [5, 5.41) is 17.3. The number of hydroxylamine groups is 1. The summed E-state index contributed by atoms with van der Waals surface area (Å²) in [6, 6.07) is 3.08. The second kappa shape index (κ2) is 4.02. The van der Waals surface area contributed by atoms with Crippen molar-refractivity contribution in [2.24, 2.45) is 0 Å². The highest BCUT2D eigenvalue weighted by Gasteiger charge is 2.06. The van der Waals surface area contributed by atoms with Crippen molar-refractivity contribution in [3.05, 3.63) is 30.1 Å². The molecule has 0 aliphatic heterocycles. The Bertz CT molecular complexity index is 199. The second-order valence-electron chi connectivity index (χ2n) is 2.15. The van der Waals surface area contributed by atoms with Gasteiger partial charge >= 0.3 is 0 Å². The van der Waals surface area contributed by atoms with Gasteiger partial charge in [-0.1, -0.05) is 6.07 Å². The average Bonchev–Trinajstić information content (AvgIpc) is 2.09. The maximum atomic E-state index is 8.73. The van der Waals surface area contributed by atoms with Crippen molar-refractivity contribution >= 4 is 0 Å². The van der Waals surface area contributed by atoms with Gasteiger partial charge in [-0.3, -0.25) is 4.98 Å². The maximum absolute atomic E-state index is 8.73. The van der Waals surface area contributed by atoms with E-state index in [2.05, 4.69) is 4.98 Å². The van der Waals surface area contributed by atoms with Crippen molar-refractivity contribution in [2.75, 3.05) is 6.61 Å². The van der Waals surface area contributed by atoms with E-state index in [9.17, 15) is 0 Å². The lowest BCUT2D eigenvalue weighted by Gasteiger charge is -2.10. The molecule has 0 aromatic carbocycles. The molecule has 4 nitrogen and oxygen atoms in total. The summed E-state index contributed by atoms with van der Waals surface area (Å²) >= 11 is 0. The van der Waals surface area contributed by atoms with Crippen LogP contribution < -0.4 is 5.48 Å². The van der Waals surface area contributed by atoms with E-state index in [1.807, 2.05) is 5.48 Å². The summed E-state index contributed by atoms with van der Waals surface area (Å²) in [6.45, 7) is -0.151. The summed E-state index contributed by atoms with van der Waals surface area (Å²) in [4.78, 5) is 3.84. The predicted molar refractivity (Wildman–Crippen MR) is 39.0 cm³/mol. The van der Waals surface area contributed by atoms with E-state index in [0.717, 1.165) is 5.56 Å². The quantitative estimate of drug-likeness (QED) is 0.540. The number of aliphatic hydroxyl groups is 1. The van der Waals surface area contributed by atoms with Crippen LogP contribution in [-0.2, 0) is 0 Å². The molecule has 0 aliphatic carbocycles. The van der Waals surface area contributed by atoms with Crippen molar-refractivity contribution < 1.29 is 10.3 Å². The summed E-state index contributed by atoms with van der Waals surface area (Å²) in [7, 11) is 0. The van der Waals surface area contributed by atoms with Crippen LogP contribution >= 0.6 is 0 Å². The van der Waals surface area contributed by atoms with Gasteiger partial charge in [0, 0.05) is 12.4 Å². The molecule has 0 unspecified atom stereocenters. The van der Waals surface area contributed by atoms with Gasteiger partial charge in [-0.25, -0.2) is 0 Å².